The maximum atomic E-state index is 11.2. The molecule has 0 radical (unpaired) electrons. The summed E-state index contributed by atoms with van der Waals surface area (Å²) in [5, 5.41) is 12.7. The van der Waals surface area contributed by atoms with E-state index in [1.807, 2.05) is 13.8 Å². The van der Waals surface area contributed by atoms with Crippen LogP contribution in [0.25, 0.3) is 0 Å². The molecular weight excluding hydrogens is 276 g/mol. The molecule has 1 heterocycles. The Labute approximate surface area is 115 Å². The molecule has 1 unspecified atom stereocenters. The summed E-state index contributed by atoms with van der Waals surface area (Å²) in [6, 6.07) is 0. The number of hydrogen-bond donors (Lipinski definition) is 2. The van der Waals surface area contributed by atoms with Crippen molar-refractivity contribution in [1.82, 2.24) is 10.3 Å². The molecule has 0 saturated carbocycles. The fraction of sp³-hybridized carbons (Fsp3) is 0.636. The monoisotopic (exact) mass is 292 g/mol. The molecule has 0 fully saturated rings. The molecular formula is C11H17ClN2O3S. The number of alkyl carbamates (subject to hydrolysis) is 1. The van der Waals surface area contributed by atoms with E-state index < -0.39 is 12.2 Å². The number of thiazole rings is 1. The number of ether oxygens (including phenoxy) is 1. The maximum Gasteiger partial charge on any atom is 0.407 e. The van der Waals surface area contributed by atoms with Gasteiger partial charge in [-0.2, -0.15) is 0 Å². The van der Waals surface area contributed by atoms with Crippen LogP contribution in [0.1, 0.15) is 31.2 Å². The highest BCUT2D eigenvalue weighted by Gasteiger charge is 2.15. The number of amides is 1. The van der Waals surface area contributed by atoms with Crippen LogP contribution in [0.3, 0.4) is 0 Å². The molecule has 0 aromatic carbocycles. The van der Waals surface area contributed by atoms with Gasteiger partial charge in [0.05, 0.1) is 23.1 Å². The summed E-state index contributed by atoms with van der Waals surface area (Å²) in [7, 11) is 0. The highest BCUT2D eigenvalue weighted by molar-refractivity contribution is 7.10. The van der Waals surface area contributed by atoms with Crippen molar-refractivity contribution in [3.63, 3.8) is 0 Å². The first-order valence-corrected chi connectivity index (χ1v) is 6.94. The molecule has 0 bridgehead atoms. The predicted molar refractivity (Wildman–Crippen MR) is 70.9 cm³/mol. The summed E-state index contributed by atoms with van der Waals surface area (Å²) >= 11 is 7.06. The van der Waals surface area contributed by atoms with E-state index >= 15 is 0 Å². The first kappa shape index (κ1) is 15.2. The number of aliphatic hydroxyl groups excluding tert-OH is 1. The number of halogens is 1. The minimum Gasteiger partial charge on any atom is -0.449 e. The fourth-order valence-corrected chi connectivity index (χ4v) is 2.25. The summed E-state index contributed by atoms with van der Waals surface area (Å²) in [6.07, 6.45) is -0.911. The molecule has 1 aromatic rings. The molecule has 1 rings (SSSR count). The largest absolute Gasteiger partial charge is 0.449 e. The second kappa shape index (κ2) is 7.56. The Bertz CT molecular complexity index is 384. The summed E-state index contributed by atoms with van der Waals surface area (Å²) in [4.78, 5) is 15.7. The van der Waals surface area contributed by atoms with Crippen molar-refractivity contribution in [2.75, 3.05) is 13.2 Å². The van der Waals surface area contributed by atoms with Gasteiger partial charge in [-0.25, -0.2) is 9.78 Å². The highest BCUT2D eigenvalue weighted by Crippen LogP contribution is 2.27. The van der Waals surface area contributed by atoms with Gasteiger partial charge >= 0.3 is 6.09 Å². The van der Waals surface area contributed by atoms with Gasteiger partial charge in [-0.15, -0.1) is 11.3 Å². The van der Waals surface area contributed by atoms with Gasteiger partial charge in [-0.3, -0.25) is 0 Å². The lowest BCUT2D eigenvalue weighted by atomic mass is 10.2. The molecule has 7 heteroatoms. The van der Waals surface area contributed by atoms with E-state index in [1.165, 1.54) is 11.3 Å². The molecule has 102 valence electrons. The van der Waals surface area contributed by atoms with Crippen LogP contribution in [-0.2, 0) is 4.74 Å². The first-order chi connectivity index (χ1) is 8.50. The Morgan fingerprint density at radius 3 is 2.94 bits per heavy atom. The zero-order chi connectivity index (χ0) is 13.5. The topological polar surface area (TPSA) is 71.5 Å². The van der Waals surface area contributed by atoms with Crippen LogP contribution >= 0.6 is 22.9 Å². The van der Waals surface area contributed by atoms with Gasteiger partial charge in [0.25, 0.3) is 0 Å². The van der Waals surface area contributed by atoms with E-state index in [0.29, 0.717) is 28.9 Å². The number of rotatable bonds is 6. The number of carbonyl (C=O) groups excluding carboxylic acids is 1. The molecule has 2 N–H and O–H groups in total. The molecule has 1 aromatic heterocycles. The van der Waals surface area contributed by atoms with Crippen molar-refractivity contribution < 1.29 is 14.6 Å². The van der Waals surface area contributed by atoms with Crippen molar-refractivity contribution >= 4 is 29.0 Å². The third kappa shape index (κ3) is 5.20. The van der Waals surface area contributed by atoms with Crippen molar-refractivity contribution in [1.29, 1.82) is 0 Å². The number of nitrogens with zero attached hydrogens (tertiary/aromatic N) is 1. The van der Waals surface area contributed by atoms with Crippen molar-refractivity contribution in [2.24, 2.45) is 5.92 Å². The van der Waals surface area contributed by atoms with Crippen LogP contribution in [0.2, 0.25) is 5.15 Å². The van der Waals surface area contributed by atoms with Gasteiger partial charge in [0.15, 0.2) is 0 Å². The summed E-state index contributed by atoms with van der Waals surface area (Å²) in [5.41, 5.74) is 1.57. The van der Waals surface area contributed by atoms with E-state index in [-0.39, 0.29) is 6.61 Å². The van der Waals surface area contributed by atoms with E-state index in [2.05, 4.69) is 10.3 Å². The molecule has 0 aliphatic carbocycles. The van der Waals surface area contributed by atoms with E-state index in [0.717, 1.165) is 0 Å². The number of hydrogen-bond acceptors (Lipinski definition) is 5. The zero-order valence-electron chi connectivity index (χ0n) is 10.4. The Balaban J connectivity index is 2.22. The third-order valence-corrected chi connectivity index (χ3v) is 3.47. The van der Waals surface area contributed by atoms with Crippen LogP contribution < -0.4 is 5.32 Å². The number of carbonyl (C=O) groups is 1. The lowest BCUT2D eigenvalue weighted by Gasteiger charge is -2.11. The Morgan fingerprint density at radius 1 is 1.67 bits per heavy atom. The van der Waals surface area contributed by atoms with Gasteiger partial charge < -0.3 is 15.2 Å². The van der Waals surface area contributed by atoms with Crippen LogP contribution in [0, 0.1) is 5.92 Å². The summed E-state index contributed by atoms with van der Waals surface area (Å²) in [5.74, 6) is 0.374. The standard InChI is InChI=1S/C11H17ClN2O3S/c1-7(2)5-13-11(16)17-4-3-8(15)9-10(12)14-6-18-9/h6-8,15H,3-5H2,1-2H3,(H,13,16). The normalized spacial score (nSPS) is 12.5. The summed E-state index contributed by atoms with van der Waals surface area (Å²) < 4.78 is 4.93. The Hall–Kier alpha value is -0.850. The van der Waals surface area contributed by atoms with Crippen LogP contribution in [0.15, 0.2) is 5.51 Å². The first-order valence-electron chi connectivity index (χ1n) is 5.68. The molecule has 5 nitrogen and oxygen atoms in total. The summed E-state index contributed by atoms with van der Waals surface area (Å²) in [6.45, 7) is 4.70. The molecule has 0 saturated heterocycles. The van der Waals surface area contributed by atoms with E-state index in [4.69, 9.17) is 16.3 Å². The second-order valence-corrected chi connectivity index (χ2v) is 5.47. The van der Waals surface area contributed by atoms with Crippen molar-refractivity contribution in [3.05, 3.63) is 15.5 Å². The van der Waals surface area contributed by atoms with Crippen molar-refractivity contribution in [3.8, 4) is 0 Å². The molecule has 0 spiro atoms. The van der Waals surface area contributed by atoms with Gasteiger partial charge in [0.2, 0.25) is 0 Å². The van der Waals surface area contributed by atoms with Crippen LogP contribution in [0.5, 0.6) is 0 Å². The predicted octanol–water partition coefficient (Wildman–Crippen LogP) is 2.60. The fourth-order valence-electron chi connectivity index (χ4n) is 1.19. The molecule has 0 aliphatic rings. The van der Waals surface area contributed by atoms with Crippen molar-refractivity contribution in [2.45, 2.75) is 26.4 Å². The van der Waals surface area contributed by atoms with Crippen LogP contribution in [-0.4, -0.2) is 29.3 Å². The van der Waals surface area contributed by atoms with Crippen LogP contribution in [0.4, 0.5) is 4.79 Å². The van der Waals surface area contributed by atoms with Gasteiger partial charge in [0.1, 0.15) is 5.15 Å². The van der Waals surface area contributed by atoms with E-state index in [1.54, 1.807) is 5.51 Å². The lowest BCUT2D eigenvalue weighted by Crippen LogP contribution is -2.28. The number of nitrogens with one attached hydrogen (secondary N) is 1. The smallest absolute Gasteiger partial charge is 0.407 e. The average Bonchev–Trinajstić information content (AvgIpc) is 2.72. The second-order valence-electron chi connectivity index (χ2n) is 4.22. The van der Waals surface area contributed by atoms with E-state index in [9.17, 15) is 9.90 Å². The third-order valence-electron chi connectivity index (χ3n) is 2.13. The van der Waals surface area contributed by atoms with Gasteiger partial charge in [-0.1, -0.05) is 25.4 Å². The minimum absolute atomic E-state index is 0.138. The number of aliphatic hydroxyl groups is 1. The molecule has 1 atom stereocenters. The minimum atomic E-state index is -0.747. The quantitative estimate of drug-likeness (QED) is 0.845. The number of aromatic nitrogens is 1. The molecule has 1 amide bonds. The van der Waals surface area contributed by atoms with Gasteiger partial charge in [-0.05, 0) is 5.92 Å². The SMILES string of the molecule is CC(C)CNC(=O)OCCC(O)c1scnc1Cl. The Kier molecular flexibility index (Phi) is 6.38. The highest BCUT2D eigenvalue weighted by atomic mass is 35.5. The maximum absolute atomic E-state index is 11.2. The Morgan fingerprint density at radius 2 is 2.39 bits per heavy atom. The van der Waals surface area contributed by atoms with Gasteiger partial charge in [0, 0.05) is 13.0 Å². The average molecular weight is 293 g/mol. The molecule has 18 heavy (non-hydrogen) atoms. The zero-order valence-corrected chi connectivity index (χ0v) is 11.9. The molecule has 0 aliphatic heterocycles. The lowest BCUT2D eigenvalue weighted by molar-refractivity contribution is 0.107.